The molecule has 0 aliphatic rings. The van der Waals surface area contributed by atoms with Crippen molar-refractivity contribution in [2.45, 2.75) is 13.0 Å². The van der Waals surface area contributed by atoms with Crippen LogP contribution in [0.4, 0.5) is 5.82 Å². The Hall–Kier alpha value is -3.40. The number of fused-ring (bicyclic) bond motifs is 1. The summed E-state index contributed by atoms with van der Waals surface area (Å²) in [5.74, 6) is 1.12. The number of aromatic amines is 1. The maximum atomic E-state index is 10.7. The summed E-state index contributed by atoms with van der Waals surface area (Å²) < 4.78 is 0. The van der Waals surface area contributed by atoms with Gasteiger partial charge in [-0.2, -0.15) is 0 Å². The van der Waals surface area contributed by atoms with E-state index in [2.05, 4.69) is 46.5 Å². The average Bonchev–Trinajstić information content (AvgIpc) is 2.68. The molecule has 0 bridgehead atoms. The Bertz CT molecular complexity index is 1030. The molecule has 0 amide bonds. The van der Waals surface area contributed by atoms with Gasteiger partial charge in [-0.1, -0.05) is 42.0 Å². The van der Waals surface area contributed by atoms with Crippen molar-refractivity contribution < 1.29 is 10.1 Å². The molecule has 0 spiro atoms. The SMILES string of the molecule is Cc1ccc([C@H](Nc2cccc[nH+]2)c2c(O)ccc3ncccc23)cc1. The first kappa shape index (κ1) is 16.1. The van der Waals surface area contributed by atoms with E-state index < -0.39 is 0 Å². The molecular formula is C22H20N3O+. The van der Waals surface area contributed by atoms with Gasteiger partial charge in [-0.3, -0.25) is 10.3 Å². The first-order valence-corrected chi connectivity index (χ1v) is 8.59. The van der Waals surface area contributed by atoms with E-state index >= 15 is 0 Å². The Kier molecular flexibility index (Phi) is 4.23. The minimum atomic E-state index is -0.220. The maximum absolute atomic E-state index is 10.7. The van der Waals surface area contributed by atoms with Gasteiger partial charge in [-0.15, -0.1) is 0 Å². The lowest BCUT2D eigenvalue weighted by Gasteiger charge is -2.19. The lowest BCUT2D eigenvalue weighted by molar-refractivity contribution is -0.361. The number of anilines is 1. The Balaban J connectivity index is 1.91. The molecule has 0 saturated heterocycles. The van der Waals surface area contributed by atoms with Gasteiger partial charge in [0.25, 0.3) is 5.82 Å². The summed E-state index contributed by atoms with van der Waals surface area (Å²) in [5, 5.41) is 15.1. The number of aromatic nitrogens is 2. The number of H-pyrrole nitrogens is 1. The van der Waals surface area contributed by atoms with Gasteiger partial charge in [0.2, 0.25) is 0 Å². The van der Waals surface area contributed by atoms with Crippen LogP contribution in [0.3, 0.4) is 0 Å². The Labute approximate surface area is 152 Å². The third-order valence-corrected chi connectivity index (χ3v) is 4.51. The molecule has 3 N–H and O–H groups in total. The number of aromatic hydroxyl groups is 1. The molecule has 2 heterocycles. The van der Waals surface area contributed by atoms with Gasteiger partial charge in [-0.05, 0) is 31.2 Å². The van der Waals surface area contributed by atoms with Gasteiger partial charge < -0.3 is 5.11 Å². The quantitative estimate of drug-likeness (QED) is 0.582. The Morgan fingerprint density at radius 3 is 2.58 bits per heavy atom. The van der Waals surface area contributed by atoms with E-state index in [0.717, 1.165) is 27.8 Å². The number of rotatable bonds is 4. The summed E-state index contributed by atoms with van der Waals surface area (Å²) in [4.78, 5) is 7.64. The number of nitrogens with zero attached hydrogens (tertiary/aromatic N) is 1. The second-order valence-electron chi connectivity index (χ2n) is 6.33. The molecule has 4 nitrogen and oxygen atoms in total. The van der Waals surface area contributed by atoms with E-state index in [0.29, 0.717) is 0 Å². The molecular weight excluding hydrogens is 322 g/mol. The zero-order valence-electron chi connectivity index (χ0n) is 14.5. The molecule has 0 fully saturated rings. The largest absolute Gasteiger partial charge is 0.507 e. The summed E-state index contributed by atoms with van der Waals surface area (Å²) in [7, 11) is 0. The lowest BCUT2D eigenvalue weighted by Crippen LogP contribution is -2.19. The highest BCUT2D eigenvalue weighted by molar-refractivity contribution is 5.85. The van der Waals surface area contributed by atoms with Crippen molar-refractivity contribution in [3.63, 3.8) is 0 Å². The van der Waals surface area contributed by atoms with Crippen LogP contribution in [0.5, 0.6) is 5.75 Å². The van der Waals surface area contributed by atoms with E-state index in [1.54, 1.807) is 12.3 Å². The fraction of sp³-hybridized carbons (Fsp3) is 0.0909. The first-order chi connectivity index (χ1) is 12.7. The predicted octanol–water partition coefficient (Wildman–Crippen LogP) is 4.26. The molecule has 26 heavy (non-hydrogen) atoms. The van der Waals surface area contributed by atoms with Crippen LogP contribution in [0.2, 0.25) is 0 Å². The standard InChI is InChI=1S/C22H19N3O/c1-15-7-9-16(10-8-15)22(25-20-6-2-3-13-24-20)21-17-5-4-14-23-18(17)11-12-19(21)26/h2-14,22,26H,1H3,(H,24,25)/p+1/t22-/m0/s1. The zero-order valence-corrected chi connectivity index (χ0v) is 14.5. The molecule has 4 rings (SSSR count). The molecule has 0 aliphatic heterocycles. The molecule has 0 unspecified atom stereocenters. The van der Waals surface area contributed by atoms with E-state index in [9.17, 15) is 5.11 Å². The van der Waals surface area contributed by atoms with Gasteiger partial charge in [0, 0.05) is 23.2 Å². The number of benzene rings is 2. The van der Waals surface area contributed by atoms with E-state index in [1.165, 1.54) is 5.56 Å². The number of nitrogens with one attached hydrogen (secondary N) is 2. The smallest absolute Gasteiger partial charge is 0.272 e. The van der Waals surface area contributed by atoms with Crippen LogP contribution in [-0.4, -0.2) is 10.1 Å². The van der Waals surface area contributed by atoms with Crippen molar-refractivity contribution >= 4 is 16.7 Å². The van der Waals surface area contributed by atoms with Gasteiger partial charge in [0.15, 0.2) is 0 Å². The number of hydrogen-bond donors (Lipinski definition) is 2. The highest BCUT2D eigenvalue weighted by Crippen LogP contribution is 2.36. The van der Waals surface area contributed by atoms with Gasteiger partial charge in [0.1, 0.15) is 11.8 Å². The normalized spacial score (nSPS) is 12.0. The van der Waals surface area contributed by atoms with Gasteiger partial charge in [0.05, 0.1) is 17.3 Å². The number of hydrogen-bond acceptors (Lipinski definition) is 3. The van der Waals surface area contributed by atoms with E-state index in [4.69, 9.17) is 0 Å². The van der Waals surface area contributed by atoms with E-state index in [-0.39, 0.29) is 11.8 Å². The van der Waals surface area contributed by atoms with Crippen LogP contribution in [0, 0.1) is 6.92 Å². The maximum Gasteiger partial charge on any atom is 0.272 e. The topological polar surface area (TPSA) is 59.3 Å². The first-order valence-electron chi connectivity index (χ1n) is 8.59. The summed E-state index contributed by atoms with van der Waals surface area (Å²) in [6.45, 7) is 2.07. The van der Waals surface area contributed by atoms with Crippen LogP contribution < -0.4 is 10.3 Å². The molecule has 0 aliphatic carbocycles. The minimum absolute atomic E-state index is 0.220. The van der Waals surface area contributed by atoms with Crippen LogP contribution in [-0.2, 0) is 0 Å². The van der Waals surface area contributed by atoms with Gasteiger partial charge >= 0.3 is 0 Å². The fourth-order valence-electron chi connectivity index (χ4n) is 3.19. The molecule has 128 valence electrons. The van der Waals surface area contributed by atoms with Crippen molar-refractivity contribution in [1.82, 2.24) is 4.98 Å². The third-order valence-electron chi connectivity index (χ3n) is 4.51. The molecule has 0 radical (unpaired) electrons. The van der Waals surface area contributed by atoms with Crippen molar-refractivity contribution in [2.24, 2.45) is 0 Å². The van der Waals surface area contributed by atoms with Crippen molar-refractivity contribution in [2.75, 3.05) is 5.32 Å². The molecule has 4 heteroatoms. The number of pyridine rings is 2. The predicted molar refractivity (Wildman–Crippen MR) is 103 cm³/mol. The van der Waals surface area contributed by atoms with Crippen molar-refractivity contribution in [3.05, 3.63) is 95.8 Å². The Morgan fingerprint density at radius 2 is 1.81 bits per heavy atom. The van der Waals surface area contributed by atoms with E-state index in [1.807, 2.05) is 42.6 Å². The van der Waals surface area contributed by atoms with Gasteiger partial charge in [-0.25, -0.2) is 4.98 Å². The second-order valence-corrected chi connectivity index (χ2v) is 6.33. The van der Waals surface area contributed by atoms with Crippen molar-refractivity contribution in [1.29, 1.82) is 0 Å². The highest BCUT2D eigenvalue weighted by atomic mass is 16.3. The van der Waals surface area contributed by atoms with Crippen LogP contribution in [0.1, 0.15) is 22.7 Å². The van der Waals surface area contributed by atoms with Crippen molar-refractivity contribution in [3.8, 4) is 5.75 Å². The number of phenolic OH excluding ortho intramolecular Hbond substituents is 1. The lowest BCUT2D eigenvalue weighted by atomic mass is 9.93. The molecule has 1 atom stereocenters. The third kappa shape index (κ3) is 3.09. The molecule has 0 saturated carbocycles. The zero-order chi connectivity index (χ0) is 17.9. The van der Waals surface area contributed by atoms with Crippen LogP contribution in [0.15, 0.2) is 79.1 Å². The number of aryl methyl sites for hydroxylation is 1. The monoisotopic (exact) mass is 342 g/mol. The minimum Gasteiger partial charge on any atom is -0.507 e. The summed E-state index contributed by atoms with van der Waals surface area (Å²) in [6, 6.07) is 21.4. The summed E-state index contributed by atoms with van der Waals surface area (Å²) in [6.07, 6.45) is 3.64. The van der Waals surface area contributed by atoms with Crippen LogP contribution >= 0.6 is 0 Å². The highest BCUT2D eigenvalue weighted by Gasteiger charge is 2.25. The molecule has 2 aromatic heterocycles. The second kappa shape index (κ2) is 6.84. The summed E-state index contributed by atoms with van der Waals surface area (Å²) >= 11 is 0. The summed E-state index contributed by atoms with van der Waals surface area (Å²) in [5.41, 5.74) is 3.94. The van der Waals surface area contributed by atoms with Crippen LogP contribution in [0.25, 0.3) is 10.9 Å². The average molecular weight is 342 g/mol. The fourth-order valence-corrected chi connectivity index (χ4v) is 3.19. The number of phenols is 1. The molecule has 4 aromatic rings. The Morgan fingerprint density at radius 1 is 0.962 bits per heavy atom. The molecule has 2 aromatic carbocycles.